The van der Waals surface area contributed by atoms with Crippen LogP contribution in [0.1, 0.15) is 6.92 Å². The molecule has 0 saturated heterocycles. The van der Waals surface area contributed by atoms with Crippen molar-refractivity contribution in [1.82, 2.24) is 15.0 Å². The second kappa shape index (κ2) is 5.61. The number of pyridine rings is 1. The lowest BCUT2D eigenvalue weighted by atomic mass is 10.4. The molecular formula is C11H13N5O2S. The minimum absolute atomic E-state index is 0.0718. The first-order chi connectivity index (χ1) is 9.13. The van der Waals surface area contributed by atoms with E-state index in [9.17, 15) is 8.42 Å². The molecule has 0 spiro atoms. The molecule has 2 heterocycles. The summed E-state index contributed by atoms with van der Waals surface area (Å²) in [6.45, 7) is 2.44. The third kappa shape index (κ3) is 3.16. The molecule has 0 atom stereocenters. The number of hydrogen-bond donors (Lipinski definition) is 2. The van der Waals surface area contributed by atoms with E-state index in [0.29, 0.717) is 12.4 Å². The summed E-state index contributed by atoms with van der Waals surface area (Å²) in [5.41, 5.74) is 0. The fourth-order valence-electron chi connectivity index (χ4n) is 1.45. The molecule has 19 heavy (non-hydrogen) atoms. The van der Waals surface area contributed by atoms with E-state index < -0.39 is 10.0 Å². The Morgan fingerprint density at radius 2 is 2.05 bits per heavy atom. The maximum absolute atomic E-state index is 12.2. The summed E-state index contributed by atoms with van der Waals surface area (Å²) in [6.07, 6.45) is 5.73. The third-order valence-electron chi connectivity index (χ3n) is 2.21. The molecule has 7 nitrogen and oxygen atoms in total. The van der Waals surface area contributed by atoms with Gasteiger partial charge < -0.3 is 5.32 Å². The Kier molecular flexibility index (Phi) is 3.91. The van der Waals surface area contributed by atoms with Gasteiger partial charge in [0.15, 0.2) is 5.82 Å². The van der Waals surface area contributed by atoms with E-state index in [0.717, 1.165) is 0 Å². The Hall–Kier alpha value is -2.22. The molecule has 2 aromatic rings. The topological polar surface area (TPSA) is 96.9 Å². The standard InChI is InChI=1S/C11H13N5O2S/c1-2-13-11-9(4-3-5-15-11)19(17,18)16-10-8-12-6-7-14-10/h3-8H,2H2,1H3,(H,13,15)(H,14,16). The zero-order chi connectivity index (χ0) is 13.7. The van der Waals surface area contributed by atoms with Crippen LogP contribution in [-0.4, -0.2) is 29.9 Å². The van der Waals surface area contributed by atoms with Gasteiger partial charge in [0.05, 0.1) is 6.20 Å². The molecule has 0 aromatic carbocycles. The van der Waals surface area contributed by atoms with E-state index in [1.54, 1.807) is 6.07 Å². The van der Waals surface area contributed by atoms with Gasteiger partial charge in [-0.15, -0.1) is 0 Å². The van der Waals surface area contributed by atoms with Gasteiger partial charge in [0, 0.05) is 25.1 Å². The van der Waals surface area contributed by atoms with Gasteiger partial charge in [0.25, 0.3) is 10.0 Å². The van der Waals surface area contributed by atoms with E-state index in [2.05, 4.69) is 25.0 Å². The van der Waals surface area contributed by atoms with Crippen LogP contribution in [-0.2, 0) is 10.0 Å². The molecular weight excluding hydrogens is 266 g/mol. The molecule has 0 unspecified atom stereocenters. The lowest BCUT2D eigenvalue weighted by Crippen LogP contribution is -2.17. The van der Waals surface area contributed by atoms with Gasteiger partial charge in [0.1, 0.15) is 10.7 Å². The normalized spacial score (nSPS) is 11.0. The van der Waals surface area contributed by atoms with Crippen molar-refractivity contribution in [3.05, 3.63) is 36.9 Å². The number of nitrogens with one attached hydrogen (secondary N) is 2. The number of anilines is 2. The summed E-state index contributed by atoms with van der Waals surface area (Å²) in [4.78, 5) is 11.8. The van der Waals surface area contributed by atoms with Crippen LogP contribution >= 0.6 is 0 Å². The Labute approximate surface area is 111 Å². The monoisotopic (exact) mass is 279 g/mol. The van der Waals surface area contributed by atoms with Crippen LogP contribution in [0.15, 0.2) is 41.8 Å². The first kappa shape index (κ1) is 13.2. The van der Waals surface area contributed by atoms with Gasteiger partial charge in [-0.3, -0.25) is 9.71 Å². The van der Waals surface area contributed by atoms with Crippen LogP contribution in [0, 0.1) is 0 Å². The Balaban J connectivity index is 2.35. The molecule has 8 heteroatoms. The van der Waals surface area contributed by atoms with Gasteiger partial charge in [-0.25, -0.2) is 18.4 Å². The summed E-state index contributed by atoms with van der Waals surface area (Å²) >= 11 is 0. The molecule has 0 radical (unpaired) electrons. The Morgan fingerprint density at radius 3 is 2.74 bits per heavy atom. The van der Waals surface area contributed by atoms with Crippen LogP contribution in [0.5, 0.6) is 0 Å². The summed E-state index contributed by atoms with van der Waals surface area (Å²) in [6, 6.07) is 3.04. The first-order valence-corrected chi connectivity index (χ1v) is 7.09. The van der Waals surface area contributed by atoms with Crippen LogP contribution < -0.4 is 10.0 Å². The van der Waals surface area contributed by atoms with Crippen molar-refractivity contribution in [2.24, 2.45) is 0 Å². The molecule has 0 fully saturated rings. The quantitative estimate of drug-likeness (QED) is 0.850. The van der Waals surface area contributed by atoms with Crippen molar-refractivity contribution < 1.29 is 8.42 Å². The molecule has 0 amide bonds. The zero-order valence-corrected chi connectivity index (χ0v) is 11.1. The minimum atomic E-state index is -3.74. The average molecular weight is 279 g/mol. The molecule has 0 bridgehead atoms. The van der Waals surface area contributed by atoms with Crippen LogP contribution in [0.25, 0.3) is 0 Å². The van der Waals surface area contributed by atoms with E-state index in [-0.39, 0.29) is 10.7 Å². The smallest absolute Gasteiger partial charge is 0.266 e. The van der Waals surface area contributed by atoms with Crippen LogP contribution in [0.3, 0.4) is 0 Å². The number of sulfonamides is 1. The molecule has 0 aliphatic heterocycles. The van der Waals surface area contributed by atoms with E-state index >= 15 is 0 Å². The fraction of sp³-hybridized carbons (Fsp3) is 0.182. The predicted molar refractivity (Wildman–Crippen MR) is 71.2 cm³/mol. The van der Waals surface area contributed by atoms with Crippen molar-refractivity contribution in [3.8, 4) is 0 Å². The molecule has 0 aliphatic carbocycles. The lowest BCUT2D eigenvalue weighted by molar-refractivity contribution is 0.601. The molecule has 0 aliphatic rings. The SMILES string of the molecule is CCNc1ncccc1S(=O)(=O)Nc1cnccn1. The summed E-state index contributed by atoms with van der Waals surface area (Å²) in [7, 11) is -3.74. The highest BCUT2D eigenvalue weighted by atomic mass is 32.2. The summed E-state index contributed by atoms with van der Waals surface area (Å²) in [5.74, 6) is 0.468. The second-order valence-corrected chi connectivity index (χ2v) is 5.23. The van der Waals surface area contributed by atoms with Crippen LogP contribution in [0.2, 0.25) is 0 Å². The van der Waals surface area contributed by atoms with Gasteiger partial charge in [-0.05, 0) is 19.1 Å². The zero-order valence-electron chi connectivity index (χ0n) is 10.2. The lowest BCUT2D eigenvalue weighted by Gasteiger charge is -2.11. The maximum Gasteiger partial charge on any atom is 0.266 e. The van der Waals surface area contributed by atoms with Crippen molar-refractivity contribution in [2.75, 3.05) is 16.6 Å². The molecule has 2 N–H and O–H groups in total. The highest BCUT2D eigenvalue weighted by Crippen LogP contribution is 2.20. The number of nitrogens with zero attached hydrogens (tertiary/aromatic N) is 3. The largest absolute Gasteiger partial charge is 0.369 e. The molecule has 2 rings (SSSR count). The summed E-state index contributed by atoms with van der Waals surface area (Å²) < 4.78 is 26.8. The van der Waals surface area contributed by atoms with Crippen molar-refractivity contribution >= 4 is 21.7 Å². The van der Waals surface area contributed by atoms with Gasteiger partial charge in [-0.1, -0.05) is 0 Å². The average Bonchev–Trinajstić information content (AvgIpc) is 2.40. The number of aromatic nitrogens is 3. The first-order valence-electron chi connectivity index (χ1n) is 5.61. The Morgan fingerprint density at radius 1 is 1.21 bits per heavy atom. The van der Waals surface area contributed by atoms with Crippen molar-refractivity contribution in [1.29, 1.82) is 0 Å². The molecule has 100 valence electrons. The van der Waals surface area contributed by atoms with E-state index in [1.807, 2.05) is 6.92 Å². The van der Waals surface area contributed by atoms with E-state index in [4.69, 9.17) is 0 Å². The molecule has 0 saturated carbocycles. The van der Waals surface area contributed by atoms with Gasteiger partial charge in [0.2, 0.25) is 0 Å². The second-order valence-electron chi connectivity index (χ2n) is 3.58. The van der Waals surface area contributed by atoms with Crippen LogP contribution in [0.4, 0.5) is 11.6 Å². The minimum Gasteiger partial charge on any atom is -0.369 e. The van der Waals surface area contributed by atoms with E-state index in [1.165, 1.54) is 30.9 Å². The maximum atomic E-state index is 12.2. The summed E-state index contributed by atoms with van der Waals surface area (Å²) in [5, 5.41) is 2.90. The highest BCUT2D eigenvalue weighted by Gasteiger charge is 2.19. The number of rotatable bonds is 5. The van der Waals surface area contributed by atoms with Crippen molar-refractivity contribution in [3.63, 3.8) is 0 Å². The molecule has 2 aromatic heterocycles. The predicted octanol–water partition coefficient (Wildman–Crippen LogP) is 1.10. The van der Waals surface area contributed by atoms with Gasteiger partial charge >= 0.3 is 0 Å². The fourth-order valence-corrected chi connectivity index (χ4v) is 2.58. The highest BCUT2D eigenvalue weighted by molar-refractivity contribution is 7.92. The third-order valence-corrected chi connectivity index (χ3v) is 3.59. The van der Waals surface area contributed by atoms with Crippen molar-refractivity contribution in [2.45, 2.75) is 11.8 Å². The number of hydrogen-bond acceptors (Lipinski definition) is 6. The Bertz CT molecular complexity index is 645. The van der Waals surface area contributed by atoms with Gasteiger partial charge in [-0.2, -0.15) is 0 Å².